The molecule has 0 bridgehead atoms. The molecule has 0 spiro atoms. The van der Waals surface area contributed by atoms with Gasteiger partial charge < -0.3 is 10.1 Å². The molecule has 134 valence electrons. The number of amides is 1. The highest BCUT2D eigenvalue weighted by Gasteiger charge is 2.20. The molecule has 0 atom stereocenters. The van der Waals surface area contributed by atoms with Crippen LogP contribution >= 0.6 is 11.6 Å². The number of sulfonamides is 1. The maximum atomic E-state index is 12.3. The topological polar surface area (TPSA) is 75.7 Å². The standard InChI is InChI=1S/C17H19ClN2O4S/c1-12-4-7-14(10-16(12)25(22,23)20(2)3)19-17(21)11-24-15-8-5-13(18)6-9-15/h4-10H,11H2,1-3H3,(H,19,21). The molecule has 8 heteroatoms. The molecule has 0 aliphatic heterocycles. The molecule has 0 aliphatic carbocycles. The maximum Gasteiger partial charge on any atom is 0.262 e. The third-order valence-electron chi connectivity index (χ3n) is 3.41. The van der Waals surface area contributed by atoms with Crippen LogP contribution in [0.2, 0.25) is 5.02 Å². The summed E-state index contributed by atoms with van der Waals surface area (Å²) in [6.07, 6.45) is 0. The van der Waals surface area contributed by atoms with Crippen LogP contribution in [0.1, 0.15) is 5.56 Å². The summed E-state index contributed by atoms with van der Waals surface area (Å²) in [7, 11) is -0.670. The number of ether oxygens (including phenoxy) is 1. The van der Waals surface area contributed by atoms with Gasteiger partial charge >= 0.3 is 0 Å². The third kappa shape index (κ3) is 4.94. The predicted molar refractivity (Wildman–Crippen MR) is 97.6 cm³/mol. The number of nitrogens with one attached hydrogen (secondary N) is 1. The second kappa shape index (κ2) is 7.86. The number of benzene rings is 2. The highest BCUT2D eigenvalue weighted by atomic mass is 35.5. The average molecular weight is 383 g/mol. The molecule has 0 aliphatic rings. The lowest BCUT2D eigenvalue weighted by atomic mass is 10.2. The fourth-order valence-corrected chi connectivity index (χ4v) is 3.30. The average Bonchev–Trinajstić information content (AvgIpc) is 2.56. The zero-order valence-corrected chi connectivity index (χ0v) is 15.7. The second-order valence-electron chi connectivity index (χ2n) is 5.56. The van der Waals surface area contributed by atoms with Crippen molar-refractivity contribution in [2.45, 2.75) is 11.8 Å². The van der Waals surface area contributed by atoms with Crippen molar-refractivity contribution in [3.63, 3.8) is 0 Å². The number of halogens is 1. The zero-order chi connectivity index (χ0) is 18.6. The predicted octanol–water partition coefficient (Wildman–Crippen LogP) is 2.92. The molecule has 6 nitrogen and oxygen atoms in total. The summed E-state index contributed by atoms with van der Waals surface area (Å²) in [6, 6.07) is 11.4. The van der Waals surface area contributed by atoms with E-state index in [-0.39, 0.29) is 11.5 Å². The van der Waals surface area contributed by atoms with Crippen LogP contribution in [0.15, 0.2) is 47.4 Å². The van der Waals surface area contributed by atoms with Crippen molar-refractivity contribution in [3.05, 3.63) is 53.1 Å². The molecule has 0 radical (unpaired) electrons. The molecule has 2 aromatic rings. The summed E-state index contributed by atoms with van der Waals surface area (Å²) in [6.45, 7) is 1.50. The molecular weight excluding hydrogens is 364 g/mol. The summed E-state index contributed by atoms with van der Waals surface area (Å²) in [5.74, 6) is 0.117. The quantitative estimate of drug-likeness (QED) is 0.833. The Morgan fingerprint density at radius 2 is 1.80 bits per heavy atom. The van der Waals surface area contributed by atoms with E-state index in [9.17, 15) is 13.2 Å². The van der Waals surface area contributed by atoms with Gasteiger partial charge in [-0.3, -0.25) is 4.79 Å². The normalized spacial score (nSPS) is 11.4. The maximum absolute atomic E-state index is 12.3. The van der Waals surface area contributed by atoms with E-state index in [0.717, 1.165) is 4.31 Å². The molecule has 25 heavy (non-hydrogen) atoms. The molecule has 2 aromatic carbocycles. The van der Waals surface area contributed by atoms with Gasteiger partial charge in [-0.2, -0.15) is 0 Å². The molecule has 0 aromatic heterocycles. The fraction of sp³-hybridized carbons (Fsp3) is 0.235. The van der Waals surface area contributed by atoms with E-state index in [2.05, 4.69) is 5.32 Å². The van der Waals surface area contributed by atoms with Gasteiger partial charge in [0.1, 0.15) is 5.75 Å². The first-order valence-corrected chi connectivity index (χ1v) is 9.23. The number of carbonyl (C=O) groups excluding carboxylic acids is 1. The molecule has 0 saturated heterocycles. The highest BCUT2D eigenvalue weighted by Crippen LogP contribution is 2.22. The van der Waals surface area contributed by atoms with Gasteiger partial charge in [0.05, 0.1) is 4.90 Å². The first-order chi connectivity index (χ1) is 11.7. The number of nitrogens with zero attached hydrogens (tertiary/aromatic N) is 1. The Balaban J connectivity index is 2.07. The number of aryl methyl sites for hydroxylation is 1. The first-order valence-electron chi connectivity index (χ1n) is 7.41. The summed E-state index contributed by atoms with van der Waals surface area (Å²) < 4.78 is 31.1. The number of hydrogen-bond acceptors (Lipinski definition) is 4. The molecular formula is C17H19ClN2O4S. The summed E-state index contributed by atoms with van der Waals surface area (Å²) >= 11 is 5.78. The Labute approximate surface area is 152 Å². The Morgan fingerprint density at radius 3 is 2.40 bits per heavy atom. The largest absolute Gasteiger partial charge is 0.484 e. The van der Waals surface area contributed by atoms with E-state index in [1.807, 2.05) is 0 Å². The van der Waals surface area contributed by atoms with Crippen LogP contribution < -0.4 is 10.1 Å². The van der Waals surface area contributed by atoms with Crippen LogP contribution in [0.3, 0.4) is 0 Å². The molecule has 0 unspecified atom stereocenters. The lowest BCUT2D eigenvalue weighted by molar-refractivity contribution is -0.118. The molecule has 1 N–H and O–H groups in total. The van der Waals surface area contributed by atoms with Gasteiger partial charge in [-0.25, -0.2) is 12.7 Å². The number of rotatable bonds is 6. The van der Waals surface area contributed by atoms with Crippen molar-refractivity contribution in [3.8, 4) is 5.75 Å². The van der Waals surface area contributed by atoms with E-state index in [1.54, 1.807) is 43.3 Å². The summed E-state index contributed by atoms with van der Waals surface area (Å²) in [4.78, 5) is 12.2. The van der Waals surface area contributed by atoms with Crippen molar-refractivity contribution >= 4 is 33.2 Å². The zero-order valence-electron chi connectivity index (χ0n) is 14.1. The van der Waals surface area contributed by atoms with Crippen LogP contribution in [0.4, 0.5) is 5.69 Å². The molecule has 0 fully saturated rings. The van der Waals surface area contributed by atoms with Gasteiger partial charge in [0, 0.05) is 24.8 Å². The molecule has 0 saturated carbocycles. The molecule has 2 rings (SSSR count). The lowest BCUT2D eigenvalue weighted by Gasteiger charge is -2.15. The van der Waals surface area contributed by atoms with Crippen LogP contribution in [-0.2, 0) is 14.8 Å². The van der Waals surface area contributed by atoms with Crippen molar-refractivity contribution in [1.29, 1.82) is 0 Å². The van der Waals surface area contributed by atoms with Gasteiger partial charge in [0.25, 0.3) is 5.91 Å². The number of anilines is 1. The van der Waals surface area contributed by atoms with Gasteiger partial charge in [-0.05, 0) is 48.9 Å². The van der Waals surface area contributed by atoms with Crippen LogP contribution in [0.25, 0.3) is 0 Å². The Morgan fingerprint density at radius 1 is 1.16 bits per heavy atom. The Bertz CT molecular complexity index is 865. The van der Waals surface area contributed by atoms with Crippen molar-refractivity contribution < 1.29 is 17.9 Å². The van der Waals surface area contributed by atoms with Crippen LogP contribution in [-0.4, -0.2) is 39.3 Å². The minimum atomic E-state index is -3.59. The first kappa shape index (κ1) is 19.2. The monoisotopic (exact) mass is 382 g/mol. The smallest absolute Gasteiger partial charge is 0.262 e. The lowest BCUT2D eigenvalue weighted by Crippen LogP contribution is -2.24. The van der Waals surface area contributed by atoms with E-state index < -0.39 is 15.9 Å². The number of hydrogen-bond donors (Lipinski definition) is 1. The SMILES string of the molecule is Cc1ccc(NC(=O)COc2ccc(Cl)cc2)cc1S(=O)(=O)N(C)C. The van der Waals surface area contributed by atoms with Crippen LogP contribution in [0, 0.1) is 6.92 Å². The highest BCUT2D eigenvalue weighted by molar-refractivity contribution is 7.89. The Hall–Kier alpha value is -2.09. The van der Waals surface area contributed by atoms with E-state index in [0.29, 0.717) is 22.0 Å². The second-order valence-corrected chi connectivity index (χ2v) is 8.12. The minimum Gasteiger partial charge on any atom is -0.484 e. The van der Waals surface area contributed by atoms with E-state index >= 15 is 0 Å². The van der Waals surface area contributed by atoms with E-state index in [1.165, 1.54) is 20.2 Å². The molecule has 1 amide bonds. The fourth-order valence-electron chi connectivity index (χ4n) is 2.03. The van der Waals surface area contributed by atoms with Gasteiger partial charge in [0.15, 0.2) is 6.61 Å². The van der Waals surface area contributed by atoms with Crippen molar-refractivity contribution in [1.82, 2.24) is 4.31 Å². The number of carbonyl (C=O) groups is 1. The van der Waals surface area contributed by atoms with Gasteiger partial charge in [0.2, 0.25) is 10.0 Å². The Kier molecular flexibility index (Phi) is 6.05. The van der Waals surface area contributed by atoms with Crippen LogP contribution in [0.5, 0.6) is 5.75 Å². The van der Waals surface area contributed by atoms with E-state index in [4.69, 9.17) is 16.3 Å². The van der Waals surface area contributed by atoms with Gasteiger partial charge in [-0.15, -0.1) is 0 Å². The summed E-state index contributed by atoms with van der Waals surface area (Å²) in [5, 5.41) is 3.20. The minimum absolute atomic E-state index is 0.147. The van der Waals surface area contributed by atoms with Crippen molar-refractivity contribution in [2.75, 3.05) is 26.0 Å². The molecule has 0 heterocycles. The third-order valence-corrected chi connectivity index (χ3v) is 5.62. The van der Waals surface area contributed by atoms with Crippen molar-refractivity contribution in [2.24, 2.45) is 0 Å². The summed E-state index contributed by atoms with van der Waals surface area (Å²) in [5.41, 5.74) is 0.986. The van der Waals surface area contributed by atoms with Gasteiger partial charge in [-0.1, -0.05) is 17.7 Å².